The molecule has 0 fully saturated rings. The zero-order valence-electron chi connectivity index (χ0n) is 21.7. The van der Waals surface area contributed by atoms with E-state index in [0.717, 1.165) is 10.6 Å². The Kier molecular flexibility index (Phi) is 9.62. The molecule has 0 radical (unpaired) electrons. The number of sulfonamides is 1. The summed E-state index contributed by atoms with van der Waals surface area (Å²) in [7, 11) is -0.991. The van der Waals surface area contributed by atoms with Gasteiger partial charge in [0.05, 0.1) is 26.2 Å². The summed E-state index contributed by atoms with van der Waals surface area (Å²) in [6.45, 7) is 6.57. The molecular formula is C25H34ClN3O6S. The molecule has 2 aromatic rings. The quantitative estimate of drug-likeness (QED) is 0.496. The minimum Gasteiger partial charge on any atom is -0.493 e. The first-order chi connectivity index (χ1) is 16.7. The number of ether oxygens (including phenoxy) is 2. The van der Waals surface area contributed by atoms with Crippen molar-refractivity contribution in [2.45, 2.75) is 45.8 Å². The second-order valence-electron chi connectivity index (χ2n) is 9.34. The molecule has 11 heteroatoms. The van der Waals surface area contributed by atoms with Crippen molar-refractivity contribution >= 4 is 39.1 Å². The Hall–Kier alpha value is -2.98. The number of hydrogen-bond donors (Lipinski definition) is 1. The lowest BCUT2D eigenvalue weighted by molar-refractivity contribution is -0.140. The number of nitrogens with zero attached hydrogens (tertiary/aromatic N) is 2. The number of halogens is 1. The fourth-order valence-electron chi connectivity index (χ4n) is 3.46. The van der Waals surface area contributed by atoms with E-state index in [1.165, 1.54) is 31.3 Å². The maximum absolute atomic E-state index is 13.6. The van der Waals surface area contributed by atoms with Crippen LogP contribution in [0.4, 0.5) is 5.69 Å². The number of carbonyl (C=O) groups excluding carboxylic acids is 2. The standard InChI is InChI=1S/C25H34ClN3O6S/c1-17(24(31)27-25(2,3)4)28(15-18-10-8-9-11-20(18)26)23(30)16-29(36(7,32)33)19-12-13-21(34-5)22(14-19)35-6/h8-14,17H,15-16H2,1-7H3,(H,27,31). The summed E-state index contributed by atoms with van der Waals surface area (Å²) in [5.74, 6) is -0.234. The molecule has 2 rings (SSSR count). The molecule has 0 saturated heterocycles. The molecule has 198 valence electrons. The Balaban J connectivity index is 2.47. The zero-order chi connectivity index (χ0) is 27.3. The van der Waals surface area contributed by atoms with Crippen LogP contribution in [0, 0.1) is 0 Å². The third-order valence-electron chi connectivity index (χ3n) is 5.30. The van der Waals surface area contributed by atoms with Gasteiger partial charge in [-0.3, -0.25) is 13.9 Å². The highest BCUT2D eigenvalue weighted by Gasteiger charge is 2.32. The third kappa shape index (κ3) is 7.76. The average molecular weight is 540 g/mol. The van der Waals surface area contributed by atoms with Gasteiger partial charge in [-0.1, -0.05) is 29.8 Å². The van der Waals surface area contributed by atoms with Crippen LogP contribution in [0.1, 0.15) is 33.3 Å². The second kappa shape index (κ2) is 11.8. The lowest BCUT2D eigenvalue weighted by Gasteiger charge is -2.33. The number of hydrogen-bond acceptors (Lipinski definition) is 6. The summed E-state index contributed by atoms with van der Waals surface area (Å²) in [4.78, 5) is 27.9. The van der Waals surface area contributed by atoms with Gasteiger partial charge in [0.1, 0.15) is 12.6 Å². The molecule has 0 aliphatic rings. The Morgan fingerprint density at radius 1 is 1.06 bits per heavy atom. The fourth-order valence-corrected chi connectivity index (χ4v) is 4.50. The predicted molar refractivity (Wildman–Crippen MR) is 141 cm³/mol. The van der Waals surface area contributed by atoms with E-state index in [-0.39, 0.29) is 18.1 Å². The van der Waals surface area contributed by atoms with Crippen molar-refractivity contribution in [2.24, 2.45) is 0 Å². The molecule has 9 nitrogen and oxygen atoms in total. The molecule has 1 N–H and O–H groups in total. The molecule has 2 aromatic carbocycles. The number of rotatable bonds is 10. The Morgan fingerprint density at radius 2 is 1.67 bits per heavy atom. The molecular weight excluding hydrogens is 506 g/mol. The van der Waals surface area contributed by atoms with E-state index in [0.29, 0.717) is 22.1 Å². The highest BCUT2D eigenvalue weighted by atomic mass is 35.5. The van der Waals surface area contributed by atoms with Crippen LogP contribution >= 0.6 is 11.6 Å². The molecule has 36 heavy (non-hydrogen) atoms. The highest BCUT2D eigenvalue weighted by Crippen LogP contribution is 2.32. The van der Waals surface area contributed by atoms with E-state index < -0.39 is 34.1 Å². The van der Waals surface area contributed by atoms with Gasteiger partial charge in [-0.15, -0.1) is 0 Å². The van der Waals surface area contributed by atoms with Gasteiger partial charge in [0.2, 0.25) is 21.8 Å². The van der Waals surface area contributed by atoms with Crippen LogP contribution in [0.2, 0.25) is 5.02 Å². The van der Waals surface area contributed by atoms with Gasteiger partial charge < -0.3 is 19.7 Å². The monoisotopic (exact) mass is 539 g/mol. The molecule has 0 heterocycles. The van der Waals surface area contributed by atoms with Crippen LogP contribution in [-0.2, 0) is 26.2 Å². The van der Waals surface area contributed by atoms with Crippen molar-refractivity contribution in [1.29, 1.82) is 0 Å². The first-order valence-corrected chi connectivity index (χ1v) is 13.4. The smallest absolute Gasteiger partial charge is 0.244 e. The van der Waals surface area contributed by atoms with Crippen molar-refractivity contribution in [3.05, 3.63) is 53.1 Å². The number of methoxy groups -OCH3 is 2. The largest absolute Gasteiger partial charge is 0.493 e. The van der Waals surface area contributed by atoms with Gasteiger partial charge in [0.15, 0.2) is 11.5 Å². The van der Waals surface area contributed by atoms with Crippen molar-refractivity contribution in [3.8, 4) is 11.5 Å². The molecule has 0 aliphatic carbocycles. The minimum absolute atomic E-state index is 0.0147. The van der Waals surface area contributed by atoms with E-state index in [9.17, 15) is 18.0 Å². The van der Waals surface area contributed by atoms with Crippen LogP contribution in [0.3, 0.4) is 0 Å². The predicted octanol–water partition coefficient (Wildman–Crippen LogP) is 3.46. The van der Waals surface area contributed by atoms with Gasteiger partial charge in [0, 0.05) is 23.2 Å². The molecule has 1 unspecified atom stereocenters. The maximum atomic E-state index is 13.6. The van der Waals surface area contributed by atoms with E-state index in [1.54, 1.807) is 37.3 Å². The van der Waals surface area contributed by atoms with Crippen molar-refractivity contribution in [2.75, 3.05) is 31.3 Å². The third-order valence-corrected chi connectivity index (χ3v) is 6.81. The molecule has 2 amide bonds. The topological polar surface area (TPSA) is 105 Å². The Bertz CT molecular complexity index is 1200. The molecule has 0 saturated carbocycles. The first kappa shape index (κ1) is 29.3. The number of carbonyl (C=O) groups is 2. The SMILES string of the molecule is COc1ccc(N(CC(=O)N(Cc2ccccc2Cl)C(C)C(=O)NC(C)(C)C)S(C)(=O)=O)cc1OC. The van der Waals surface area contributed by atoms with E-state index in [2.05, 4.69) is 5.32 Å². The van der Waals surface area contributed by atoms with E-state index in [1.807, 2.05) is 20.8 Å². The zero-order valence-corrected chi connectivity index (χ0v) is 23.2. The van der Waals surface area contributed by atoms with Gasteiger partial charge in [-0.25, -0.2) is 8.42 Å². The normalized spacial score (nSPS) is 12.4. The second-order valence-corrected chi connectivity index (χ2v) is 11.7. The lowest BCUT2D eigenvalue weighted by atomic mass is 10.1. The average Bonchev–Trinajstić information content (AvgIpc) is 2.79. The van der Waals surface area contributed by atoms with Gasteiger partial charge in [0.25, 0.3) is 0 Å². The fraction of sp³-hybridized carbons (Fsp3) is 0.440. The summed E-state index contributed by atoms with van der Waals surface area (Å²) >= 11 is 6.33. The number of nitrogens with one attached hydrogen (secondary N) is 1. The maximum Gasteiger partial charge on any atom is 0.244 e. The molecule has 0 spiro atoms. The molecule has 0 aromatic heterocycles. The summed E-state index contributed by atoms with van der Waals surface area (Å²) in [6.07, 6.45) is 1.01. The summed E-state index contributed by atoms with van der Waals surface area (Å²) in [6, 6.07) is 10.6. The van der Waals surface area contributed by atoms with E-state index in [4.69, 9.17) is 21.1 Å². The van der Waals surface area contributed by atoms with Crippen LogP contribution in [-0.4, -0.2) is 63.7 Å². The summed E-state index contributed by atoms with van der Waals surface area (Å²) < 4.78 is 36.9. The Morgan fingerprint density at radius 3 is 2.19 bits per heavy atom. The van der Waals surface area contributed by atoms with Crippen LogP contribution in [0.5, 0.6) is 11.5 Å². The van der Waals surface area contributed by atoms with Gasteiger partial charge in [-0.05, 0) is 51.5 Å². The number of amides is 2. The van der Waals surface area contributed by atoms with Crippen LogP contribution < -0.4 is 19.1 Å². The minimum atomic E-state index is -3.88. The number of benzene rings is 2. The molecule has 0 aliphatic heterocycles. The van der Waals surface area contributed by atoms with Crippen molar-refractivity contribution in [3.63, 3.8) is 0 Å². The van der Waals surface area contributed by atoms with E-state index >= 15 is 0 Å². The summed E-state index contributed by atoms with van der Waals surface area (Å²) in [5, 5.41) is 3.30. The van der Waals surface area contributed by atoms with Crippen molar-refractivity contribution < 1.29 is 27.5 Å². The highest BCUT2D eigenvalue weighted by molar-refractivity contribution is 7.92. The van der Waals surface area contributed by atoms with Gasteiger partial charge >= 0.3 is 0 Å². The Labute approximate surface area is 218 Å². The van der Waals surface area contributed by atoms with Gasteiger partial charge in [-0.2, -0.15) is 0 Å². The first-order valence-electron chi connectivity index (χ1n) is 11.2. The number of anilines is 1. The molecule has 1 atom stereocenters. The summed E-state index contributed by atoms with van der Waals surface area (Å²) in [5.41, 5.74) is 0.316. The van der Waals surface area contributed by atoms with Crippen LogP contribution in [0.25, 0.3) is 0 Å². The lowest BCUT2D eigenvalue weighted by Crippen LogP contribution is -2.54. The van der Waals surface area contributed by atoms with Crippen LogP contribution in [0.15, 0.2) is 42.5 Å². The van der Waals surface area contributed by atoms with Crippen molar-refractivity contribution in [1.82, 2.24) is 10.2 Å². The molecule has 0 bridgehead atoms.